The molecule has 0 aromatic carbocycles. The smallest absolute Gasteiger partial charge is 0.217 e. The number of nitrogens with zero attached hydrogens (tertiary/aromatic N) is 1. The van der Waals surface area contributed by atoms with Gasteiger partial charge in [0.2, 0.25) is 5.88 Å². The van der Waals surface area contributed by atoms with Crippen molar-refractivity contribution in [2.24, 2.45) is 5.84 Å². The average molecular weight is 167 g/mol. The standard InChI is InChI=1S/C8H13N3O/c1-5-4-6(2)8(12-3)10-7(5)11-9/h4H,9H2,1-3H3,(H,10,11). The zero-order valence-electron chi connectivity index (χ0n) is 7.51. The molecular formula is C8H13N3O. The molecule has 0 saturated heterocycles. The number of nitrogens with one attached hydrogen (secondary N) is 1. The quantitative estimate of drug-likeness (QED) is 0.509. The molecule has 0 atom stereocenters. The minimum Gasteiger partial charge on any atom is -0.481 e. The van der Waals surface area contributed by atoms with E-state index in [2.05, 4.69) is 10.4 Å². The molecule has 66 valence electrons. The molecule has 0 aliphatic carbocycles. The molecule has 1 aromatic rings. The number of hydrazine groups is 1. The van der Waals surface area contributed by atoms with E-state index in [1.54, 1.807) is 7.11 Å². The van der Waals surface area contributed by atoms with Crippen LogP contribution in [0.25, 0.3) is 0 Å². The summed E-state index contributed by atoms with van der Waals surface area (Å²) in [6, 6.07) is 1.97. The highest BCUT2D eigenvalue weighted by Gasteiger charge is 2.04. The first-order chi connectivity index (χ1) is 5.69. The lowest BCUT2D eigenvalue weighted by Crippen LogP contribution is -2.11. The van der Waals surface area contributed by atoms with Crippen LogP contribution in [0.4, 0.5) is 5.82 Å². The Bertz CT molecular complexity index is 261. The maximum atomic E-state index is 5.26. The second kappa shape index (κ2) is 3.40. The number of pyridine rings is 1. The van der Waals surface area contributed by atoms with E-state index in [9.17, 15) is 0 Å². The minimum atomic E-state index is 0.605. The third kappa shape index (κ3) is 1.48. The van der Waals surface area contributed by atoms with E-state index in [1.165, 1.54) is 0 Å². The van der Waals surface area contributed by atoms with Gasteiger partial charge in [-0.25, -0.2) is 5.84 Å². The molecule has 4 nitrogen and oxygen atoms in total. The van der Waals surface area contributed by atoms with E-state index in [-0.39, 0.29) is 0 Å². The fraction of sp³-hybridized carbons (Fsp3) is 0.375. The number of hydrogen-bond acceptors (Lipinski definition) is 4. The van der Waals surface area contributed by atoms with Crippen molar-refractivity contribution in [3.63, 3.8) is 0 Å². The van der Waals surface area contributed by atoms with Gasteiger partial charge in [0, 0.05) is 5.56 Å². The Kier molecular flexibility index (Phi) is 2.50. The molecule has 0 unspecified atom stereocenters. The Morgan fingerprint density at radius 3 is 2.58 bits per heavy atom. The summed E-state index contributed by atoms with van der Waals surface area (Å²) in [5, 5.41) is 0. The molecule has 12 heavy (non-hydrogen) atoms. The summed E-state index contributed by atoms with van der Waals surface area (Å²) in [6.07, 6.45) is 0. The summed E-state index contributed by atoms with van der Waals surface area (Å²) < 4.78 is 5.04. The van der Waals surface area contributed by atoms with E-state index in [4.69, 9.17) is 10.6 Å². The van der Waals surface area contributed by atoms with Crippen molar-refractivity contribution in [1.29, 1.82) is 0 Å². The molecule has 0 aliphatic rings. The van der Waals surface area contributed by atoms with Gasteiger partial charge in [-0.1, -0.05) is 0 Å². The first-order valence-electron chi connectivity index (χ1n) is 3.68. The first kappa shape index (κ1) is 8.80. The number of aromatic nitrogens is 1. The molecule has 0 amide bonds. The Labute approximate surface area is 71.7 Å². The predicted octanol–water partition coefficient (Wildman–Crippen LogP) is 0.993. The van der Waals surface area contributed by atoms with Gasteiger partial charge in [-0.2, -0.15) is 4.98 Å². The number of rotatable bonds is 2. The second-order valence-corrected chi connectivity index (χ2v) is 2.62. The van der Waals surface area contributed by atoms with Gasteiger partial charge >= 0.3 is 0 Å². The predicted molar refractivity (Wildman–Crippen MR) is 48.1 cm³/mol. The number of nitrogen functional groups attached to an aromatic ring is 1. The Morgan fingerprint density at radius 2 is 2.08 bits per heavy atom. The van der Waals surface area contributed by atoms with E-state index in [0.29, 0.717) is 11.7 Å². The topological polar surface area (TPSA) is 60.2 Å². The maximum Gasteiger partial charge on any atom is 0.217 e. The molecule has 4 heteroatoms. The molecule has 0 spiro atoms. The number of aryl methyl sites for hydroxylation is 2. The highest BCUT2D eigenvalue weighted by Crippen LogP contribution is 2.20. The van der Waals surface area contributed by atoms with Gasteiger partial charge in [0.15, 0.2) is 0 Å². The molecule has 3 N–H and O–H groups in total. The van der Waals surface area contributed by atoms with Crippen LogP contribution < -0.4 is 16.0 Å². The Hall–Kier alpha value is -1.29. The normalized spacial score (nSPS) is 9.67. The first-order valence-corrected chi connectivity index (χ1v) is 3.68. The van der Waals surface area contributed by atoms with Crippen LogP contribution >= 0.6 is 0 Å². The SMILES string of the molecule is COc1nc(NN)c(C)cc1C. The van der Waals surface area contributed by atoms with Gasteiger partial charge in [-0.15, -0.1) is 0 Å². The molecular weight excluding hydrogens is 154 g/mol. The van der Waals surface area contributed by atoms with Crippen molar-refractivity contribution in [2.45, 2.75) is 13.8 Å². The maximum absolute atomic E-state index is 5.26. The number of hydrogen-bond donors (Lipinski definition) is 2. The monoisotopic (exact) mass is 167 g/mol. The fourth-order valence-corrected chi connectivity index (χ4v) is 1.09. The van der Waals surface area contributed by atoms with Crippen molar-refractivity contribution in [1.82, 2.24) is 4.98 Å². The number of nitrogens with two attached hydrogens (primary N) is 1. The average Bonchev–Trinajstić information content (AvgIpc) is 2.05. The van der Waals surface area contributed by atoms with Crippen molar-refractivity contribution < 1.29 is 4.74 Å². The molecule has 0 aliphatic heterocycles. The van der Waals surface area contributed by atoms with Crippen LogP contribution in [0.15, 0.2) is 6.07 Å². The third-order valence-corrected chi connectivity index (χ3v) is 1.69. The van der Waals surface area contributed by atoms with Crippen molar-refractivity contribution >= 4 is 5.82 Å². The van der Waals surface area contributed by atoms with Gasteiger partial charge in [0.25, 0.3) is 0 Å². The summed E-state index contributed by atoms with van der Waals surface area (Å²) >= 11 is 0. The van der Waals surface area contributed by atoms with E-state index in [0.717, 1.165) is 11.1 Å². The zero-order chi connectivity index (χ0) is 9.14. The lowest BCUT2D eigenvalue weighted by Gasteiger charge is -2.08. The van der Waals surface area contributed by atoms with Crippen LogP contribution in [-0.2, 0) is 0 Å². The van der Waals surface area contributed by atoms with Crippen molar-refractivity contribution in [2.75, 3.05) is 12.5 Å². The van der Waals surface area contributed by atoms with Crippen LogP contribution in [0.2, 0.25) is 0 Å². The number of anilines is 1. The summed E-state index contributed by atoms with van der Waals surface area (Å²) in [6.45, 7) is 3.88. The van der Waals surface area contributed by atoms with Crippen LogP contribution in [0, 0.1) is 13.8 Å². The molecule has 0 fully saturated rings. The molecule has 1 rings (SSSR count). The van der Waals surface area contributed by atoms with Gasteiger partial charge in [-0.05, 0) is 25.5 Å². The Morgan fingerprint density at radius 1 is 1.42 bits per heavy atom. The molecule has 0 bridgehead atoms. The lowest BCUT2D eigenvalue weighted by atomic mass is 10.2. The van der Waals surface area contributed by atoms with Crippen LogP contribution in [0.5, 0.6) is 5.88 Å². The zero-order valence-corrected chi connectivity index (χ0v) is 7.51. The van der Waals surface area contributed by atoms with Gasteiger partial charge < -0.3 is 10.2 Å². The van der Waals surface area contributed by atoms with E-state index >= 15 is 0 Å². The summed E-state index contributed by atoms with van der Waals surface area (Å²) in [5.41, 5.74) is 4.52. The van der Waals surface area contributed by atoms with Crippen LogP contribution in [0.1, 0.15) is 11.1 Å². The van der Waals surface area contributed by atoms with Gasteiger partial charge in [0.1, 0.15) is 5.82 Å². The van der Waals surface area contributed by atoms with Crippen LogP contribution in [0.3, 0.4) is 0 Å². The number of methoxy groups -OCH3 is 1. The summed E-state index contributed by atoms with van der Waals surface area (Å²) in [5.74, 6) is 6.51. The van der Waals surface area contributed by atoms with Crippen LogP contribution in [-0.4, -0.2) is 12.1 Å². The minimum absolute atomic E-state index is 0.605. The van der Waals surface area contributed by atoms with Crippen molar-refractivity contribution in [3.8, 4) is 5.88 Å². The number of ether oxygens (including phenoxy) is 1. The third-order valence-electron chi connectivity index (χ3n) is 1.69. The second-order valence-electron chi connectivity index (χ2n) is 2.62. The van der Waals surface area contributed by atoms with E-state index in [1.807, 2.05) is 19.9 Å². The molecule has 0 radical (unpaired) electrons. The van der Waals surface area contributed by atoms with Crippen molar-refractivity contribution in [3.05, 3.63) is 17.2 Å². The summed E-state index contributed by atoms with van der Waals surface area (Å²) in [7, 11) is 1.59. The van der Waals surface area contributed by atoms with Gasteiger partial charge in [0.05, 0.1) is 7.11 Å². The molecule has 0 saturated carbocycles. The van der Waals surface area contributed by atoms with E-state index < -0.39 is 0 Å². The van der Waals surface area contributed by atoms with Gasteiger partial charge in [-0.3, -0.25) is 0 Å². The highest BCUT2D eigenvalue weighted by molar-refractivity contribution is 5.47. The summed E-state index contributed by atoms with van der Waals surface area (Å²) in [4.78, 5) is 4.15. The molecule has 1 heterocycles. The lowest BCUT2D eigenvalue weighted by molar-refractivity contribution is 0.395. The highest BCUT2D eigenvalue weighted by atomic mass is 16.5. The fourth-order valence-electron chi connectivity index (χ4n) is 1.09. The Balaban J connectivity index is 3.18. The molecule has 1 aromatic heterocycles. The largest absolute Gasteiger partial charge is 0.481 e.